The van der Waals surface area contributed by atoms with Crippen molar-refractivity contribution < 1.29 is 9.59 Å². The SMILES string of the molecule is CC(=O)N(CCC(=O)Nc1cccc2cccnc12)Cc1cccc(C)c1. The van der Waals surface area contributed by atoms with Crippen LogP contribution in [0.15, 0.2) is 60.8 Å². The number of amides is 2. The first kappa shape index (κ1) is 18.6. The lowest BCUT2D eigenvalue weighted by molar-refractivity contribution is -0.129. The molecular formula is C22H23N3O2. The molecule has 0 atom stereocenters. The fraction of sp³-hybridized carbons (Fsp3) is 0.227. The molecule has 5 nitrogen and oxygen atoms in total. The van der Waals surface area contributed by atoms with Crippen LogP contribution in [-0.2, 0) is 16.1 Å². The third kappa shape index (κ3) is 4.91. The van der Waals surface area contributed by atoms with Crippen LogP contribution in [0.25, 0.3) is 10.9 Å². The number of rotatable bonds is 6. The van der Waals surface area contributed by atoms with Crippen LogP contribution in [0.1, 0.15) is 24.5 Å². The van der Waals surface area contributed by atoms with Crippen LogP contribution in [0.2, 0.25) is 0 Å². The Morgan fingerprint density at radius 1 is 1.07 bits per heavy atom. The molecule has 5 heteroatoms. The van der Waals surface area contributed by atoms with Gasteiger partial charge in [-0.3, -0.25) is 14.6 Å². The van der Waals surface area contributed by atoms with Crippen molar-refractivity contribution in [3.63, 3.8) is 0 Å². The number of hydrogen-bond acceptors (Lipinski definition) is 3. The average molecular weight is 361 g/mol. The van der Waals surface area contributed by atoms with Gasteiger partial charge in [0.15, 0.2) is 0 Å². The largest absolute Gasteiger partial charge is 0.338 e. The second-order valence-electron chi connectivity index (χ2n) is 6.61. The van der Waals surface area contributed by atoms with E-state index >= 15 is 0 Å². The van der Waals surface area contributed by atoms with Gasteiger partial charge in [0, 0.05) is 38.0 Å². The molecule has 27 heavy (non-hydrogen) atoms. The molecule has 0 unspecified atom stereocenters. The maximum atomic E-state index is 12.4. The number of aromatic nitrogens is 1. The number of nitrogens with one attached hydrogen (secondary N) is 1. The molecular weight excluding hydrogens is 338 g/mol. The molecule has 0 aliphatic carbocycles. The van der Waals surface area contributed by atoms with Crippen molar-refractivity contribution in [2.24, 2.45) is 0 Å². The van der Waals surface area contributed by atoms with Crippen molar-refractivity contribution >= 4 is 28.4 Å². The lowest BCUT2D eigenvalue weighted by atomic mass is 10.1. The molecule has 0 spiro atoms. The van der Waals surface area contributed by atoms with E-state index in [1.165, 1.54) is 6.92 Å². The van der Waals surface area contributed by atoms with Gasteiger partial charge >= 0.3 is 0 Å². The second kappa shape index (κ2) is 8.45. The first-order valence-corrected chi connectivity index (χ1v) is 8.97. The van der Waals surface area contributed by atoms with Crippen LogP contribution in [0.4, 0.5) is 5.69 Å². The maximum Gasteiger partial charge on any atom is 0.226 e. The smallest absolute Gasteiger partial charge is 0.226 e. The van der Waals surface area contributed by atoms with E-state index in [9.17, 15) is 9.59 Å². The molecule has 2 aromatic carbocycles. The van der Waals surface area contributed by atoms with Gasteiger partial charge in [-0.2, -0.15) is 0 Å². The highest BCUT2D eigenvalue weighted by atomic mass is 16.2. The molecule has 0 aliphatic rings. The summed E-state index contributed by atoms with van der Waals surface area (Å²) in [4.78, 5) is 30.4. The minimum absolute atomic E-state index is 0.0452. The normalized spacial score (nSPS) is 10.6. The molecule has 1 aromatic heterocycles. The van der Waals surface area contributed by atoms with Crippen LogP contribution >= 0.6 is 0 Å². The minimum Gasteiger partial charge on any atom is -0.338 e. The Balaban J connectivity index is 1.63. The molecule has 1 heterocycles. The fourth-order valence-electron chi connectivity index (χ4n) is 3.03. The molecule has 0 radical (unpaired) electrons. The summed E-state index contributed by atoms with van der Waals surface area (Å²) in [6, 6.07) is 17.5. The van der Waals surface area contributed by atoms with E-state index in [0.717, 1.165) is 22.0 Å². The number of hydrogen-bond donors (Lipinski definition) is 1. The Hall–Kier alpha value is -3.21. The van der Waals surface area contributed by atoms with Crippen molar-refractivity contribution in [1.29, 1.82) is 0 Å². The molecule has 0 saturated carbocycles. The first-order valence-electron chi connectivity index (χ1n) is 8.97. The molecule has 0 aliphatic heterocycles. The van der Waals surface area contributed by atoms with E-state index in [-0.39, 0.29) is 18.2 Å². The number of nitrogens with zero attached hydrogens (tertiary/aromatic N) is 2. The zero-order valence-electron chi connectivity index (χ0n) is 15.6. The molecule has 2 amide bonds. The summed E-state index contributed by atoms with van der Waals surface area (Å²) in [6.07, 6.45) is 1.94. The Labute approximate surface area is 159 Å². The molecule has 0 saturated heterocycles. The van der Waals surface area contributed by atoms with Crippen molar-refractivity contribution in [3.8, 4) is 0 Å². The third-order valence-corrected chi connectivity index (χ3v) is 4.42. The fourth-order valence-corrected chi connectivity index (χ4v) is 3.03. The summed E-state index contributed by atoms with van der Waals surface area (Å²) in [5, 5.41) is 3.89. The van der Waals surface area contributed by atoms with Crippen molar-refractivity contribution in [2.45, 2.75) is 26.8 Å². The quantitative estimate of drug-likeness (QED) is 0.724. The van der Waals surface area contributed by atoms with Crippen LogP contribution in [0.3, 0.4) is 0 Å². The van der Waals surface area contributed by atoms with E-state index in [2.05, 4.69) is 16.4 Å². The van der Waals surface area contributed by atoms with Crippen molar-refractivity contribution in [2.75, 3.05) is 11.9 Å². The van der Waals surface area contributed by atoms with Gasteiger partial charge in [-0.1, -0.05) is 48.0 Å². The summed E-state index contributed by atoms with van der Waals surface area (Å²) in [5.41, 5.74) is 3.66. The number of carbonyl (C=O) groups is 2. The van der Waals surface area contributed by atoms with E-state index in [1.54, 1.807) is 11.1 Å². The monoisotopic (exact) mass is 361 g/mol. The predicted octanol–water partition coefficient (Wildman–Crippen LogP) is 3.92. The van der Waals surface area contributed by atoms with E-state index in [0.29, 0.717) is 18.8 Å². The van der Waals surface area contributed by atoms with Crippen molar-refractivity contribution in [3.05, 3.63) is 71.9 Å². The van der Waals surface area contributed by atoms with Gasteiger partial charge in [-0.05, 0) is 24.6 Å². The number of carbonyl (C=O) groups excluding carboxylic acids is 2. The van der Waals surface area contributed by atoms with Gasteiger partial charge in [-0.25, -0.2) is 0 Å². The van der Waals surface area contributed by atoms with Crippen LogP contribution in [0.5, 0.6) is 0 Å². The molecule has 1 N–H and O–H groups in total. The Kier molecular flexibility index (Phi) is 5.81. The Morgan fingerprint density at radius 3 is 2.63 bits per heavy atom. The summed E-state index contributed by atoms with van der Waals surface area (Å²) < 4.78 is 0. The lowest BCUT2D eigenvalue weighted by Gasteiger charge is -2.21. The van der Waals surface area contributed by atoms with Gasteiger partial charge in [0.1, 0.15) is 0 Å². The number of aryl methyl sites for hydroxylation is 1. The summed E-state index contributed by atoms with van der Waals surface area (Å²) >= 11 is 0. The number of anilines is 1. The number of pyridine rings is 1. The number of benzene rings is 2. The zero-order chi connectivity index (χ0) is 19.2. The highest BCUT2D eigenvalue weighted by Crippen LogP contribution is 2.20. The summed E-state index contributed by atoms with van der Waals surface area (Å²) in [6.45, 7) is 4.42. The summed E-state index contributed by atoms with van der Waals surface area (Å²) in [7, 11) is 0. The average Bonchev–Trinajstić information content (AvgIpc) is 2.65. The van der Waals surface area contributed by atoms with Gasteiger partial charge in [0.05, 0.1) is 11.2 Å². The van der Waals surface area contributed by atoms with Crippen molar-refractivity contribution in [1.82, 2.24) is 9.88 Å². The Morgan fingerprint density at radius 2 is 1.85 bits per heavy atom. The van der Waals surface area contributed by atoms with Gasteiger partial charge < -0.3 is 10.2 Å². The van der Waals surface area contributed by atoms with E-state index in [4.69, 9.17) is 0 Å². The van der Waals surface area contributed by atoms with Crippen LogP contribution < -0.4 is 5.32 Å². The number of para-hydroxylation sites is 1. The third-order valence-electron chi connectivity index (χ3n) is 4.42. The molecule has 3 aromatic rings. The van der Waals surface area contributed by atoms with E-state index in [1.807, 2.05) is 55.5 Å². The molecule has 0 bridgehead atoms. The van der Waals surface area contributed by atoms with Crippen LogP contribution in [-0.4, -0.2) is 28.2 Å². The highest BCUT2D eigenvalue weighted by molar-refractivity contribution is 6.00. The lowest BCUT2D eigenvalue weighted by Crippen LogP contribution is -2.31. The highest BCUT2D eigenvalue weighted by Gasteiger charge is 2.13. The maximum absolute atomic E-state index is 12.4. The second-order valence-corrected chi connectivity index (χ2v) is 6.61. The van der Waals surface area contributed by atoms with E-state index < -0.39 is 0 Å². The number of fused-ring (bicyclic) bond motifs is 1. The first-order chi connectivity index (χ1) is 13.0. The molecule has 0 fully saturated rings. The van der Waals surface area contributed by atoms with Gasteiger partial charge in [0.25, 0.3) is 0 Å². The standard InChI is InChI=1S/C22H23N3O2/c1-16-6-3-7-18(14-16)15-25(17(2)26)13-11-21(27)24-20-10-4-8-19-9-5-12-23-22(19)20/h3-10,12,14H,11,13,15H2,1-2H3,(H,24,27). The van der Waals surface area contributed by atoms with Crippen LogP contribution in [0, 0.1) is 6.92 Å². The summed E-state index contributed by atoms with van der Waals surface area (Å²) in [5.74, 6) is -0.181. The zero-order valence-corrected chi connectivity index (χ0v) is 15.6. The van der Waals surface area contributed by atoms with Gasteiger partial charge in [-0.15, -0.1) is 0 Å². The molecule has 138 valence electrons. The topological polar surface area (TPSA) is 62.3 Å². The molecule has 3 rings (SSSR count). The Bertz CT molecular complexity index is 963. The minimum atomic E-state index is -0.136. The van der Waals surface area contributed by atoms with Gasteiger partial charge in [0.2, 0.25) is 11.8 Å². The predicted molar refractivity (Wildman–Crippen MR) is 107 cm³/mol.